The molecule has 24 heavy (non-hydrogen) atoms. The summed E-state index contributed by atoms with van der Waals surface area (Å²) in [6, 6.07) is 13.3. The van der Waals surface area contributed by atoms with Crippen molar-refractivity contribution in [1.82, 2.24) is 15.0 Å². The molecule has 0 N–H and O–H groups in total. The van der Waals surface area contributed by atoms with Crippen molar-refractivity contribution in [2.45, 2.75) is 25.3 Å². The first-order valence-electron chi connectivity index (χ1n) is 8.02. The smallest absolute Gasteiger partial charge is 0.254 e. The Bertz CT molecular complexity index is 814. The highest BCUT2D eigenvalue weighted by Gasteiger charge is 2.34. The first-order chi connectivity index (χ1) is 11.8. The number of hydrogen-bond donors (Lipinski definition) is 0. The van der Waals surface area contributed by atoms with Gasteiger partial charge in [0.05, 0.1) is 0 Å². The van der Waals surface area contributed by atoms with E-state index in [9.17, 15) is 4.79 Å². The van der Waals surface area contributed by atoms with Gasteiger partial charge in [-0.3, -0.25) is 4.79 Å². The molecule has 0 saturated carbocycles. The van der Waals surface area contributed by atoms with E-state index in [0.717, 1.165) is 19.4 Å². The zero-order valence-corrected chi connectivity index (χ0v) is 13.9. The molecular weight excluding hydrogens is 322 g/mol. The zero-order chi connectivity index (χ0) is 16.4. The van der Waals surface area contributed by atoms with E-state index in [1.807, 2.05) is 46.7 Å². The van der Waals surface area contributed by atoms with Crippen LogP contribution >= 0.6 is 11.3 Å². The second-order valence-corrected chi connectivity index (χ2v) is 6.86. The highest BCUT2D eigenvalue weighted by molar-refractivity contribution is 7.09. The minimum atomic E-state index is -0.123. The first kappa shape index (κ1) is 15.1. The predicted octanol–water partition coefficient (Wildman–Crippen LogP) is 3.70. The summed E-state index contributed by atoms with van der Waals surface area (Å²) in [4.78, 5) is 20.3. The molecule has 3 aromatic rings. The molecule has 122 valence electrons. The van der Waals surface area contributed by atoms with E-state index in [1.54, 1.807) is 11.3 Å². The van der Waals surface area contributed by atoms with Gasteiger partial charge in [-0.05, 0) is 36.4 Å². The van der Waals surface area contributed by atoms with E-state index in [-0.39, 0.29) is 11.9 Å². The lowest BCUT2D eigenvalue weighted by Crippen LogP contribution is -2.30. The molecule has 5 nitrogen and oxygen atoms in total. The van der Waals surface area contributed by atoms with Gasteiger partial charge in [0.2, 0.25) is 5.89 Å². The Morgan fingerprint density at radius 2 is 2.12 bits per heavy atom. The Kier molecular flexibility index (Phi) is 4.13. The van der Waals surface area contributed by atoms with Gasteiger partial charge >= 0.3 is 0 Å². The number of carbonyl (C=O) groups excluding carboxylic acids is 1. The third-order valence-electron chi connectivity index (χ3n) is 4.22. The molecule has 0 spiro atoms. The summed E-state index contributed by atoms with van der Waals surface area (Å²) in [6.07, 6.45) is 2.48. The van der Waals surface area contributed by atoms with Gasteiger partial charge in [0.15, 0.2) is 5.82 Å². The number of benzene rings is 1. The molecule has 6 heteroatoms. The van der Waals surface area contributed by atoms with Gasteiger partial charge in [0.1, 0.15) is 6.04 Å². The van der Waals surface area contributed by atoms with E-state index >= 15 is 0 Å². The van der Waals surface area contributed by atoms with Crippen molar-refractivity contribution in [1.29, 1.82) is 0 Å². The Balaban J connectivity index is 1.53. The molecule has 4 rings (SSSR count). The fourth-order valence-electron chi connectivity index (χ4n) is 3.06. The van der Waals surface area contributed by atoms with Crippen LogP contribution in [0.2, 0.25) is 0 Å². The van der Waals surface area contributed by atoms with E-state index in [1.165, 1.54) is 4.88 Å². The van der Waals surface area contributed by atoms with Gasteiger partial charge < -0.3 is 9.42 Å². The third-order valence-corrected chi connectivity index (χ3v) is 5.09. The summed E-state index contributed by atoms with van der Waals surface area (Å²) in [6.45, 7) is 0.723. The topological polar surface area (TPSA) is 59.2 Å². The van der Waals surface area contributed by atoms with Crippen molar-refractivity contribution in [2.75, 3.05) is 6.54 Å². The van der Waals surface area contributed by atoms with Crippen LogP contribution in [0.25, 0.3) is 0 Å². The first-order valence-corrected chi connectivity index (χ1v) is 8.90. The van der Waals surface area contributed by atoms with Crippen LogP contribution in [0.5, 0.6) is 0 Å². The fourth-order valence-corrected chi connectivity index (χ4v) is 3.76. The van der Waals surface area contributed by atoms with Gasteiger partial charge in [-0.25, -0.2) is 0 Å². The summed E-state index contributed by atoms with van der Waals surface area (Å²) < 4.78 is 5.46. The van der Waals surface area contributed by atoms with Crippen LogP contribution in [0.3, 0.4) is 0 Å². The number of aromatic nitrogens is 2. The summed E-state index contributed by atoms with van der Waals surface area (Å²) in [5.41, 5.74) is 0.697. The average molecular weight is 339 g/mol. The SMILES string of the molecule is O=C(c1ccccc1)N1CCCC1c1nc(Cc2cccs2)no1. The molecule has 1 aliphatic rings. The van der Waals surface area contributed by atoms with E-state index in [0.29, 0.717) is 23.7 Å². The van der Waals surface area contributed by atoms with Crippen LogP contribution in [0, 0.1) is 0 Å². The van der Waals surface area contributed by atoms with Crippen molar-refractivity contribution in [3.63, 3.8) is 0 Å². The second kappa shape index (κ2) is 6.57. The van der Waals surface area contributed by atoms with Crippen LogP contribution in [0.1, 0.15) is 45.8 Å². The summed E-state index contributed by atoms with van der Waals surface area (Å²) in [5.74, 6) is 1.24. The normalized spacial score (nSPS) is 17.3. The molecule has 2 aromatic heterocycles. The molecule has 0 radical (unpaired) electrons. The van der Waals surface area contributed by atoms with Gasteiger partial charge in [-0.15, -0.1) is 11.3 Å². The Morgan fingerprint density at radius 3 is 2.92 bits per heavy atom. The number of carbonyl (C=O) groups is 1. The third kappa shape index (κ3) is 2.97. The lowest BCUT2D eigenvalue weighted by Gasteiger charge is -2.21. The monoisotopic (exact) mass is 339 g/mol. The van der Waals surface area contributed by atoms with Crippen molar-refractivity contribution >= 4 is 17.2 Å². The molecule has 1 aliphatic heterocycles. The van der Waals surface area contributed by atoms with Gasteiger partial charge in [-0.2, -0.15) is 4.98 Å². The quantitative estimate of drug-likeness (QED) is 0.727. The molecule has 1 aromatic carbocycles. The van der Waals surface area contributed by atoms with Gasteiger partial charge in [0.25, 0.3) is 5.91 Å². The van der Waals surface area contributed by atoms with Crippen LogP contribution in [0.15, 0.2) is 52.4 Å². The minimum absolute atomic E-state index is 0.0242. The molecule has 1 fully saturated rings. The fraction of sp³-hybridized carbons (Fsp3) is 0.278. The van der Waals surface area contributed by atoms with Crippen LogP contribution in [-0.2, 0) is 6.42 Å². The highest BCUT2D eigenvalue weighted by Crippen LogP contribution is 2.32. The lowest BCUT2D eigenvalue weighted by molar-refractivity contribution is 0.0710. The van der Waals surface area contributed by atoms with Crippen molar-refractivity contribution in [3.05, 3.63) is 70.0 Å². The summed E-state index contributed by atoms with van der Waals surface area (Å²) >= 11 is 1.68. The van der Waals surface area contributed by atoms with E-state index in [2.05, 4.69) is 16.2 Å². The molecule has 1 amide bonds. The Labute approximate surface area is 143 Å². The number of rotatable bonds is 4. The number of amides is 1. The van der Waals surface area contributed by atoms with Crippen LogP contribution < -0.4 is 0 Å². The molecule has 0 aliphatic carbocycles. The standard InChI is InChI=1S/C18H17N3O2S/c22-18(13-6-2-1-3-7-13)21-10-4-9-15(21)17-19-16(20-23-17)12-14-8-5-11-24-14/h1-3,5-8,11,15H,4,9-10,12H2. The molecular formula is C18H17N3O2S. The molecule has 0 bridgehead atoms. The minimum Gasteiger partial charge on any atom is -0.337 e. The summed E-state index contributed by atoms with van der Waals surface area (Å²) in [7, 11) is 0. The number of hydrogen-bond acceptors (Lipinski definition) is 5. The summed E-state index contributed by atoms with van der Waals surface area (Å²) in [5, 5.41) is 6.12. The second-order valence-electron chi connectivity index (χ2n) is 5.83. The highest BCUT2D eigenvalue weighted by atomic mass is 32.1. The van der Waals surface area contributed by atoms with Gasteiger partial charge in [0, 0.05) is 23.4 Å². The lowest BCUT2D eigenvalue weighted by atomic mass is 10.1. The molecule has 1 unspecified atom stereocenters. The maximum Gasteiger partial charge on any atom is 0.254 e. The van der Waals surface area contributed by atoms with Crippen molar-refractivity contribution < 1.29 is 9.32 Å². The largest absolute Gasteiger partial charge is 0.337 e. The van der Waals surface area contributed by atoms with Crippen molar-refractivity contribution in [2.24, 2.45) is 0 Å². The average Bonchev–Trinajstić information content (AvgIpc) is 3.36. The van der Waals surface area contributed by atoms with Crippen LogP contribution in [-0.4, -0.2) is 27.5 Å². The predicted molar refractivity (Wildman–Crippen MR) is 90.9 cm³/mol. The maximum absolute atomic E-state index is 12.7. The number of thiophene rings is 1. The molecule has 1 atom stereocenters. The Hall–Kier alpha value is -2.47. The number of likely N-dealkylation sites (tertiary alicyclic amines) is 1. The molecule has 1 saturated heterocycles. The van der Waals surface area contributed by atoms with Crippen LogP contribution in [0.4, 0.5) is 0 Å². The zero-order valence-electron chi connectivity index (χ0n) is 13.1. The van der Waals surface area contributed by atoms with Gasteiger partial charge in [-0.1, -0.05) is 29.4 Å². The van der Waals surface area contributed by atoms with Crippen molar-refractivity contribution in [3.8, 4) is 0 Å². The van der Waals surface area contributed by atoms with E-state index < -0.39 is 0 Å². The number of nitrogens with zero attached hydrogens (tertiary/aromatic N) is 3. The Morgan fingerprint density at radius 1 is 1.25 bits per heavy atom. The molecule has 3 heterocycles. The van der Waals surface area contributed by atoms with E-state index in [4.69, 9.17) is 4.52 Å². The maximum atomic E-state index is 12.7.